The fraction of sp³-hybridized carbons (Fsp3) is 0.250. The SMILES string of the molecule is Cc1nonc1CSC1=Nc2ccccc2CS1. The van der Waals surface area contributed by atoms with Crippen LogP contribution in [-0.2, 0) is 11.5 Å². The topological polar surface area (TPSA) is 51.3 Å². The number of aliphatic imine (C=N–C) groups is 1. The van der Waals surface area contributed by atoms with E-state index in [9.17, 15) is 0 Å². The standard InChI is InChI=1S/C12H11N3OS2/c1-8-11(15-16-14-8)7-18-12-13-10-5-3-2-4-9(10)6-17-12/h2-5H,6-7H2,1H3. The zero-order valence-electron chi connectivity index (χ0n) is 9.79. The van der Waals surface area contributed by atoms with Gasteiger partial charge in [-0.2, -0.15) is 0 Å². The molecule has 1 aliphatic heterocycles. The monoisotopic (exact) mass is 277 g/mol. The smallest absolute Gasteiger partial charge is 0.131 e. The molecule has 4 nitrogen and oxygen atoms in total. The van der Waals surface area contributed by atoms with E-state index in [2.05, 4.69) is 38.1 Å². The number of hydrogen-bond acceptors (Lipinski definition) is 6. The normalized spacial score (nSPS) is 14.2. The van der Waals surface area contributed by atoms with Crippen LogP contribution in [0.25, 0.3) is 0 Å². The summed E-state index contributed by atoms with van der Waals surface area (Å²) in [5, 5.41) is 7.64. The number of thioether (sulfide) groups is 2. The number of benzene rings is 1. The second-order valence-electron chi connectivity index (χ2n) is 3.88. The minimum Gasteiger partial charge on any atom is -0.244 e. The van der Waals surface area contributed by atoms with Crippen LogP contribution in [-0.4, -0.2) is 14.7 Å². The van der Waals surface area contributed by atoms with E-state index in [1.54, 1.807) is 23.5 Å². The molecule has 0 saturated heterocycles. The van der Waals surface area contributed by atoms with Crippen molar-refractivity contribution in [3.63, 3.8) is 0 Å². The minimum atomic E-state index is 0.753. The van der Waals surface area contributed by atoms with Gasteiger partial charge < -0.3 is 0 Å². The van der Waals surface area contributed by atoms with Gasteiger partial charge in [0.05, 0.1) is 5.69 Å². The fourth-order valence-electron chi connectivity index (χ4n) is 1.60. The maximum Gasteiger partial charge on any atom is 0.131 e. The lowest BCUT2D eigenvalue weighted by molar-refractivity contribution is 0.302. The Balaban J connectivity index is 1.72. The molecule has 2 heterocycles. The molecule has 0 atom stereocenters. The van der Waals surface area contributed by atoms with Crippen LogP contribution < -0.4 is 0 Å². The van der Waals surface area contributed by atoms with Crippen molar-refractivity contribution in [3.05, 3.63) is 41.2 Å². The Bertz CT molecular complexity index is 595. The van der Waals surface area contributed by atoms with Crippen molar-refractivity contribution < 1.29 is 4.63 Å². The summed E-state index contributed by atoms with van der Waals surface area (Å²) >= 11 is 3.45. The summed E-state index contributed by atoms with van der Waals surface area (Å²) < 4.78 is 5.76. The molecule has 2 aromatic rings. The third-order valence-electron chi connectivity index (χ3n) is 2.63. The molecule has 0 N–H and O–H groups in total. The summed E-state index contributed by atoms with van der Waals surface area (Å²) in [6.45, 7) is 1.90. The van der Waals surface area contributed by atoms with Gasteiger partial charge in [0.1, 0.15) is 15.8 Å². The molecule has 1 aromatic heterocycles. The molecule has 0 spiro atoms. The van der Waals surface area contributed by atoms with Gasteiger partial charge in [-0.1, -0.05) is 52.0 Å². The zero-order valence-corrected chi connectivity index (χ0v) is 11.4. The highest BCUT2D eigenvalue weighted by atomic mass is 32.2. The molecule has 92 valence electrons. The number of aryl methyl sites for hydroxylation is 1. The van der Waals surface area contributed by atoms with Crippen molar-refractivity contribution in [1.82, 2.24) is 10.3 Å². The molecule has 6 heteroatoms. The number of aromatic nitrogens is 2. The maximum absolute atomic E-state index is 4.68. The van der Waals surface area contributed by atoms with Crippen molar-refractivity contribution >= 4 is 33.6 Å². The molecule has 0 fully saturated rings. The summed E-state index contributed by atoms with van der Waals surface area (Å²) in [7, 11) is 0. The highest BCUT2D eigenvalue weighted by Crippen LogP contribution is 2.35. The van der Waals surface area contributed by atoms with Crippen LogP contribution in [0.5, 0.6) is 0 Å². The summed E-state index contributed by atoms with van der Waals surface area (Å²) in [4.78, 5) is 4.64. The first-order chi connectivity index (χ1) is 8.83. The lowest BCUT2D eigenvalue weighted by Crippen LogP contribution is -1.96. The van der Waals surface area contributed by atoms with Gasteiger partial charge in [0.25, 0.3) is 0 Å². The number of rotatable bonds is 2. The molecule has 0 unspecified atom stereocenters. The molecule has 3 rings (SSSR count). The van der Waals surface area contributed by atoms with E-state index in [1.165, 1.54) is 5.56 Å². The molecule has 0 aliphatic carbocycles. The first-order valence-corrected chi connectivity index (χ1v) is 7.50. The van der Waals surface area contributed by atoms with Crippen LogP contribution in [0.3, 0.4) is 0 Å². The second-order valence-corrected chi connectivity index (χ2v) is 6.07. The first-order valence-electron chi connectivity index (χ1n) is 5.53. The Morgan fingerprint density at radius 3 is 3.06 bits per heavy atom. The maximum atomic E-state index is 4.68. The van der Waals surface area contributed by atoms with Crippen LogP contribution >= 0.6 is 23.5 Å². The van der Waals surface area contributed by atoms with E-state index in [1.807, 2.05) is 13.0 Å². The predicted octanol–water partition coefficient (Wildman–Crippen LogP) is 3.55. The summed E-state index contributed by atoms with van der Waals surface area (Å²) in [5.41, 5.74) is 4.12. The Morgan fingerprint density at radius 1 is 1.33 bits per heavy atom. The van der Waals surface area contributed by atoms with Crippen LogP contribution in [0.15, 0.2) is 33.9 Å². The molecule has 0 saturated carbocycles. The van der Waals surface area contributed by atoms with Gasteiger partial charge in [0, 0.05) is 11.5 Å². The summed E-state index contributed by atoms with van der Waals surface area (Å²) in [5.74, 6) is 1.74. The van der Waals surface area contributed by atoms with Gasteiger partial charge in [-0.15, -0.1) is 0 Å². The predicted molar refractivity (Wildman–Crippen MR) is 75.2 cm³/mol. The van der Waals surface area contributed by atoms with Crippen molar-refractivity contribution in [1.29, 1.82) is 0 Å². The van der Waals surface area contributed by atoms with Crippen LogP contribution in [0, 0.1) is 6.92 Å². The van der Waals surface area contributed by atoms with E-state index in [4.69, 9.17) is 0 Å². The molecular weight excluding hydrogens is 266 g/mol. The average molecular weight is 277 g/mol. The Morgan fingerprint density at radius 2 is 2.22 bits per heavy atom. The van der Waals surface area contributed by atoms with Gasteiger partial charge >= 0.3 is 0 Å². The Hall–Kier alpha value is -1.27. The van der Waals surface area contributed by atoms with E-state index >= 15 is 0 Å². The first kappa shape index (κ1) is 11.8. The molecule has 1 aliphatic rings. The molecule has 0 amide bonds. The van der Waals surface area contributed by atoms with Crippen LogP contribution in [0.2, 0.25) is 0 Å². The van der Waals surface area contributed by atoms with Gasteiger partial charge in [-0.05, 0) is 18.6 Å². The molecule has 0 bridgehead atoms. The molecular formula is C12H11N3OS2. The second kappa shape index (κ2) is 5.16. The number of hydrogen-bond donors (Lipinski definition) is 0. The van der Waals surface area contributed by atoms with Gasteiger partial charge in [-0.25, -0.2) is 9.62 Å². The lowest BCUT2D eigenvalue weighted by atomic mass is 10.2. The lowest BCUT2D eigenvalue weighted by Gasteiger charge is -2.13. The van der Waals surface area contributed by atoms with Crippen molar-refractivity contribution in [2.45, 2.75) is 18.4 Å². The Kier molecular flexibility index (Phi) is 3.38. The zero-order chi connectivity index (χ0) is 12.4. The average Bonchev–Trinajstić information content (AvgIpc) is 2.82. The van der Waals surface area contributed by atoms with E-state index in [-0.39, 0.29) is 0 Å². The minimum absolute atomic E-state index is 0.753. The largest absolute Gasteiger partial charge is 0.244 e. The third kappa shape index (κ3) is 2.44. The van der Waals surface area contributed by atoms with Gasteiger partial charge in [-0.3, -0.25) is 0 Å². The van der Waals surface area contributed by atoms with Crippen molar-refractivity contribution in [2.75, 3.05) is 0 Å². The van der Waals surface area contributed by atoms with E-state index in [0.29, 0.717) is 0 Å². The highest BCUT2D eigenvalue weighted by Gasteiger charge is 2.14. The quantitative estimate of drug-likeness (QED) is 0.840. The highest BCUT2D eigenvalue weighted by molar-refractivity contribution is 8.38. The summed E-state index contributed by atoms with van der Waals surface area (Å²) in [6.07, 6.45) is 0. The van der Waals surface area contributed by atoms with Gasteiger partial charge in [0.2, 0.25) is 0 Å². The Labute approximate surface area is 113 Å². The third-order valence-corrected chi connectivity index (χ3v) is 4.89. The molecule has 0 radical (unpaired) electrons. The van der Waals surface area contributed by atoms with Crippen LogP contribution in [0.4, 0.5) is 5.69 Å². The molecule has 18 heavy (non-hydrogen) atoms. The van der Waals surface area contributed by atoms with Crippen LogP contribution in [0.1, 0.15) is 17.0 Å². The van der Waals surface area contributed by atoms with E-state index in [0.717, 1.165) is 33.0 Å². The summed E-state index contributed by atoms with van der Waals surface area (Å²) in [6, 6.07) is 8.25. The van der Waals surface area contributed by atoms with Crippen molar-refractivity contribution in [3.8, 4) is 0 Å². The number of fused-ring (bicyclic) bond motifs is 1. The van der Waals surface area contributed by atoms with E-state index < -0.39 is 0 Å². The fourth-order valence-corrected chi connectivity index (χ4v) is 3.65. The number of para-hydroxylation sites is 1. The van der Waals surface area contributed by atoms with Gasteiger partial charge in [0.15, 0.2) is 0 Å². The van der Waals surface area contributed by atoms with Crippen molar-refractivity contribution in [2.24, 2.45) is 4.99 Å². The molecule has 1 aromatic carbocycles. The number of nitrogens with zero attached hydrogens (tertiary/aromatic N) is 3.